The molecule has 2 rings (SSSR count). The summed E-state index contributed by atoms with van der Waals surface area (Å²) < 4.78 is 1.53. The van der Waals surface area contributed by atoms with Gasteiger partial charge in [0.05, 0.1) is 0 Å². The van der Waals surface area contributed by atoms with Crippen LogP contribution in [-0.4, -0.2) is 34.1 Å². The molecule has 0 amide bonds. The average molecular weight is 238 g/mol. The molecule has 0 saturated carbocycles. The largest absolute Gasteiger partial charge is 0.328 e. The first kappa shape index (κ1) is 12.1. The normalized spacial score (nSPS) is 16.5. The van der Waals surface area contributed by atoms with Gasteiger partial charge in [0.1, 0.15) is 0 Å². The van der Waals surface area contributed by atoms with Gasteiger partial charge in [-0.3, -0.25) is 14.3 Å². The number of hydrogen-bond donors (Lipinski definition) is 2. The molecule has 94 valence electrons. The van der Waals surface area contributed by atoms with Crippen LogP contribution < -0.4 is 17.0 Å². The van der Waals surface area contributed by atoms with Crippen molar-refractivity contribution in [1.82, 2.24) is 14.5 Å². The van der Waals surface area contributed by atoms with E-state index in [1.165, 1.54) is 17.4 Å². The molecule has 0 radical (unpaired) electrons. The Morgan fingerprint density at radius 2 is 1.94 bits per heavy atom. The van der Waals surface area contributed by atoms with Gasteiger partial charge in [0.2, 0.25) is 0 Å². The molecule has 0 unspecified atom stereocenters. The van der Waals surface area contributed by atoms with Crippen LogP contribution in [0.3, 0.4) is 0 Å². The summed E-state index contributed by atoms with van der Waals surface area (Å²) in [5.74, 6) is 0. The lowest BCUT2D eigenvalue weighted by Crippen LogP contribution is -2.35. The van der Waals surface area contributed by atoms with Crippen molar-refractivity contribution in [1.29, 1.82) is 0 Å². The van der Waals surface area contributed by atoms with Gasteiger partial charge in [-0.25, -0.2) is 4.79 Å². The van der Waals surface area contributed by atoms with Crippen LogP contribution in [0, 0.1) is 0 Å². The highest BCUT2D eigenvalue weighted by Gasteiger charge is 2.11. The maximum Gasteiger partial charge on any atom is 0.328 e. The third-order valence-electron chi connectivity index (χ3n) is 3.16. The van der Waals surface area contributed by atoms with Gasteiger partial charge in [-0.2, -0.15) is 0 Å². The summed E-state index contributed by atoms with van der Waals surface area (Å²) in [5.41, 5.74) is 5.16. The maximum atomic E-state index is 11.6. The smallest absolute Gasteiger partial charge is 0.326 e. The van der Waals surface area contributed by atoms with Crippen LogP contribution in [0.2, 0.25) is 0 Å². The van der Waals surface area contributed by atoms with E-state index in [0.29, 0.717) is 12.1 Å². The lowest BCUT2D eigenvalue weighted by Gasteiger charge is -2.15. The predicted octanol–water partition coefficient (Wildman–Crippen LogP) is -0.909. The van der Waals surface area contributed by atoms with Gasteiger partial charge >= 0.3 is 5.69 Å². The molecular formula is C11H18N4O2. The van der Waals surface area contributed by atoms with E-state index in [1.807, 2.05) is 0 Å². The minimum atomic E-state index is -0.380. The molecule has 0 aromatic carbocycles. The summed E-state index contributed by atoms with van der Waals surface area (Å²) in [5, 5.41) is 0. The van der Waals surface area contributed by atoms with Crippen LogP contribution in [0.5, 0.6) is 0 Å². The molecule has 6 nitrogen and oxygen atoms in total. The zero-order chi connectivity index (χ0) is 12.3. The second kappa shape index (κ2) is 5.29. The number of nitrogens with one attached hydrogen (secondary N) is 1. The molecule has 0 spiro atoms. The van der Waals surface area contributed by atoms with Crippen molar-refractivity contribution < 1.29 is 0 Å². The Balaban J connectivity index is 2.09. The van der Waals surface area contributed by atoms with Crippen molar-refractivity contribution in [2.45, 2.75) is 25.9 Å². The Labute approximate surface area is 99.1 Å². The summed E-state index contributed by atoms with van der Waals surface area (Å²) in [7, 11) is 0. The molecule has 1 aliphatic rings. The van der Waals surface area contributed by atoms with E-state index < -0.39 is 0 Å². The van der Waals surface area contributed by atoms with Crippen molar-refractivity contribution in [3.8, 4) is 0 Å². The van der Waals surface area contributed by atoms with Crippen molar-refractivity contribution >= 4 is 0 Å². The Kier molecular flexibility index (Phi) is 3.75. The van der Waals surface area contributed by atoms with Gasteiger partial charge in [0, 0.05) is 31.4 Å². The molecule has 0 atom stereocenters. The number of hydrogen-bond acceptors (Lipinski definition) is 4. The van der Waals surface area contributed by atoms with Crippen LogP contribution in [0.1, 0.15) is 18.4 Å². The monoisotopic (exact) mass is 238 g/mol. The van der Waals surface area contributed by atoms with Crippen molar-refractivity contribution in [3.63, 3.8) is 0 Å². The molecule has 1 aromatic heterocycles. The van der Waals surface area contributed by atoms with Gasteiger partial charge in [-0.05, 0) is 25.9 Å². The fraction of sp³-hybridized carbons (Fsp3) is 0.636. The molecule has 0 aliphatic carbocycles. The highest BCUT2D eigenvalue weighted by atomic mass is 16.2. The van der Waals surface area contributed by atoms with Crippen LogP contribution in [-0.2, 0) is 13.1 Å². The average Bonchev–Trinajstić information content (AvgIpc) is 2.81. The minimum Gasteiger partial charge on any atom is -0.326 e. The van der Waals surface area contributed by atoms with E-state index in [2.05, 4.69) is 9.88 Å². The fourth-order valence-corrected chi connectivity index (χ4v) is 2.12. The van der Waals surface area contributed by atoms with E-state index in [-0.39, 0.29) is 17.8 Å². The Bertz CT molecular complexity index is 485. The Morgan fingerprint density at radius 1 is 1.24 bits per heavy atom. The van der Waals surface area contributed by atoms with Crippen molar-refractivity contribution in [2.75, 3.05) is 19.6 Å². The van der Waals surface area contributed by atoms with Crippen molar-refractivity contribution in [3.05, 3.63) is 32.6 Å². The first-order chi connectivity index (χ1) is 8.20. The Morgan fingerprint density at radius 3 is 2.59 bits per heavy atom. The molecule has 3 N–H and O–H groups in total. The molecule has 0 bridgehead atoms. The third kappa shape index (κ3) is 2.83. The summed E-state index contributed by atoms with van der Waals surface area (Å²) in [4.78, 5) is 27.5. The lowest BCUT2D eigenvalue weighted by atomic mass is 10.3. The summed E-state index contributed by atoms with van der Waals surface area (Å²) >= 11 is 0. The minimum absolute atomic E-state index is 0.152. The molecule has 17 heavy (non-hydrogen) atoms. The van der Waals surface area contributed by atoms with E-state index in [9.17, 15) is 9.59 Å². The van der Waals surface area contributed by atoms with Gasteiger partial charge in [0.25, 0.3) is 5.56 Å². The zero-order valence-electron chi connectivity index (χ0n) is 9.82. The van der Waals surface area contributed by atoms with Gasteiger partial charge in [-0.15, -0.1) is 0 Å². The highest BCUT2D eigenvalue weighted by Crippen LogP contribution is 2.06. The maximum absolute atomic E-state index is 11.6. The number of aromatic nitrogens is 2. The molecular weight excluding hydrogens is 220 g/mol. The number of likely N-dealkylation sites (tertiary alicyclic amines) is 1. The molecule has 1 aliphatic heterocycles. The molecule has 1 fully saturated rings. The molecule has 6 heteroatoms. The quantitative estimate of drug-likeness (QED) is 0.711. The molecule has 1 aromatic rings. The van der Waals surface area contributed by atoms with Crippen molar-refractivity contribution in [2.24, 2.45) is 5.73 Å². The second-order valence-electron chi connectivity index (χ2n) is 4.36. The molecule has 1 saturated heterocycles. The first-order valence-corrected chi connectivity index (χ1v) is 5.96. The number of nitrogens with two attached hydrogens (primary N) is 1. The van der Waals surface area contributed by atoms with Gasteiger partial charge in [-0.1, -0.05) is 0 Å². The number of H-pyrrole nitrogens is 1. The summed E-state index contributed by atoms with van der Waals surface area (Å²) in [6, 6.07) is 0. The highest BCUT2D eigenvalue weighted by molar-refractivity contribution is 5.03. The van der Waals surface area contributed by atoms with Crippen LogP contribution in [0.4, 0.5) is 0 Å². The van der Waals surface area contributed by atoms with Crippen LogP contribution in [0.15, 0.2) is 15.8 Å². The predicted molar refractivity (Wildman–Crippen MR) is 64.9 cm³/mol. The first-order valence-electron chi connectivity index (χ1n) is 5.96. The summed E-state index contributed by atoms with van der Waals surface area (Å²) in [6.45, 7) is 3.79. The molecule has 2 heterocycles. The third-order valence-corrected chi connectivity index (χ3v) is 3.16. The summed E-state index contributed by atoms with van der Waals surface area (Å²) in [6.07, 6.45) is 4.03. The number of aromatic amines is 1. The second-order valence-corrected chi connectivity index (χ2v) is 4.36. The number of rotatable bonds is 4. The van der Waals surface area contributed by atoms with Gasteiger partial charge in [0.15, 0.2) is 0 Å². The lowest BCUT2D eigenvalue weighted by molar-refractivity contribution is 0.319. The van der Waals surface area contributed by atoms with E-state index in [1.54, 1.807) is 6.20 Å². The van der Waals surface area contributed by atoms with E-state index in [4.69, 9.17) is 5.73 Å². The van der Waals surface area contributed by atoms with E-state index >= 15 is 0 Å². The van der Waals surface area contributed by atoms with Crippen LogP contribution >= 0.6 is 0 Å². The Hall–Kier alpha value is -1.40. The fourth-order valence-electron chi connectivity index (χ4n) is 2.12. The number of nitrogens with zero attached hydrogens (tertiary/aromatic N) is 2. The van der Waals surface area contributed by atoms with Gasteiger partial charge < -0.3 is 10.6 Å². The SMILES string of the molecule is NCc1cn(CCN2CCCC2)c(=O)[nH]c1=O. The standard InChI is InChI=1S/C11H18N4O2/c12-7-9-8-15(11(17)13-10(9)16)6-5-14-3-1-2-4-14/h8H,1-7,12H2,(H,13,16,17). The van der Waals surface area contributed by atoms with E-state index in [0.717, 1.165) is 19.6 Å². The topological polar surface area (TPSA) is 84.1 Å². The zero-order valence-corrected chi connectivity index (χ0v) is 9.82. The van der Waals surface area contributed by atoms with Crippen LogP contribution in [0.25, 0.3) is 0 Å².